The van der Waals surface area contributed by atoms with Crippen LogP contribution in [0.2, 0.25) is 0 Å². The monoisotopic (exact) mass is 297 g/mol. The molecule has 0 aliphatic rings. The second kappa shape index (κ2) is 6.20. The van der Waals surface area contributed by atoms with Gasteiger partial charge in [-0.3, -0.25) is 0 Å². The van der Waals surface area contributed by atoms with Crippen LogP contribution in [0.1, 0.15) is 19.3 Å². The fraction of sp³-hybridized carbons (Fsp3) is 0.500. The van der Waals surface area contributed by atoms with Gasteiger partial charge in [0.05, 0.1) is 0 Å². The minimum atomic E-state index is -4.21. The molecule has 0 aromatic carbocycles. The van der Waals surface area contributed by atoms with Crippen LogP contribution in [0.25, 0.3) is 0 Å². The van der Waals surface area contributed by atoms with E-state index in [4.69, 9.17) is 5.73 Å². The molecule has 0 bridgehead atoms. The summed E-state index contributed by atoms with van der Waals surface area (Å²) in [7, 11) is -3.74. The van der Waals surface area contributed by atoms with Crippen molar-refractivity contribution in [3.8, 4) is 0 Å². The average molecular weight is 297 g/mol. The zero-order valence-corrected chi connectivity index (χ0v) is 10.8. The van der Waals surface area contributed by atoms with Gasteiger partial charge in [0.2, 0.25) is 10.0 Å². The van der Waals surface area contributed by atoms with Crippen LogP contribution < -0.4 is 10.5 Å². The Morgan fingerprint density at radius 1 is 1.26 bits per heavy atom. The first kappa shape index (κ1) is 15.7. The zero-order chi connectivity index (χ0) is 14.5. The molecule has 0 atom stereocenters. The Morgan fingerprint density at radius 3 is 2.47 bits per heavy atom. The van der Waals surface area contributed by atoms with Crippen molar-refractivity contribution in [2.45, 2.75) is 30.3 Å². The number of unbranched alkanes of at least 4 members (excludes halogenated alkanes) is 1. The van der Waals surface area contributed by atoms with Crippen LogP contribution in [0.4, 0.5) is 19.0 Å². The minimum Gasteiger partial charge on any atom is -0.384 e. The molecular weight excluding hydrogens is 283 g/mol. The lowest BCUT2D eigenvalue weighted by molar-refractivity contribution is -0.135. The number of sulfonamides is 1. The molecule has 5 nitrogen and oxygen atoms in total. The van der Waals surface area contributed by atoms with E-state index in [1.807, 2.05) is 0 Å². The van der Waals surface area contributed by atoms with Gasteiger partial charge in [0.1, 0.15) is 10.7 Å². The maximum Gasteiger partial charge on any atom is 0.389 e. The van der Waals surface area contributed by atoms with Crippen molar-refractivity contribution < 1.29 is 21.6 Å². The molecule has 0 radical (unpaired) electrons. The molecule has 0 saturated carbocycles. The summed E-state index contributed by atoms with van der Waals surface area (Å²) in [6, 6.07) is 2.61. The summed E-state index contributed by atoms with van der Waals surface area (Å²) in [6.45, 7) is -0.0528. The standard InChI is InChI=1S/C10H14F3N3O2S/c11-10(12,13)5-1-2-6-16-19(17,18)8-3-4-9(14)15-7-8/h3-4,7,16H,1-2,5-6H2,(H2,14,15). The lowest BCUT2D eigenvalue weighted by Crippen LogP contribution is -2.25. The van der Waals surface area contributed by atoms with Crippen molar-refractivity contribution >= 4 is 15.8 Å². The molecule has 19 heavy (non-hydrogen) atoms. The predicted octanol–water partition coefficient (Wildman–Crippen LogP) is 1.67. The molecule has 1 rings (SSSR count). The van der Waals surface area contributed by atoms with Crippen molar-refractivity contribution in [2.24, 2.45) is 0 Å². The first-order valence-electron chi connectivity index (χ1n) is 5.49. The van der Waals surface area contributed by atoms with Gasteiger partial charge < -0.3 is 5.73 Å². The van der Waals surface area contributed by atoms with Gasteiger partial charge in [-0.15, -0.1) is 0 Å². The highest BCUT2D eigenvalue weighted by molar-refractivity contribution is 7.89. The van der Waals surface area contributed by atoms with E-state index in [9.17, 15) is 21.6 Å². The number of nitrogens with two attached hydrogens (primary N) is 1. The topological polar surface area (TPSA) is 85.1 Å². The van der Waals surface area contributed by atoms with Crippen molar-refractivity contribution in [1.82, 2.24) is 9.71 Å². The second-order valence-electron chi connectivity index (χ2n) is 3.89. The third kappa shape index (κ3) is 5.88. The highest BCUT2D eigenvalue weighted by Gasteiger charge is 2.25. The fourth-order valence-electron chi connectivity index (χ4n) is 1.29. The van der Waals surface area contributed by atoms with Crippen LogP contribution in [0.15, 0.2) is 23.2 Å². The Kier molecular flexibility index (Phi) is 5.12. The first-order valence-corrected chi connectivity index (χ1v) is 6.97. The summed E-state index contributed by atoms with van der Waals surface area (Å²) >= 11 is 0. The van der Waals surface area contributed by atoms with Crippen molar-refractivity contribution in [2.75, 3.05) is 12.3 Å². The lowest BCUT2D eigenvalue weighted by atomic mass is 10.2. The number of pyridine rings is 1. The molecule has 1 aromatic heterocycles. The maximum absolute atomic E-state index is 11.9. The van der Waals surface area contributed by atoms with Crippen LogP contribution in [-0.2, 0) is 10.0 Å². The van der Waals surface area contributed by atoms with Gasteiger partial charge in [-0.25, -0.2) is 18.1 Å². The Labute approximate surface area is 109 Å². The Morgan fingerprint density at radius 2 is 1.95 bits per heavy atom. The van der Waals surface area contributed by atoms with E-state index in [2.05, 4.69) is 9.71 Å². The van der Waals surface area contributed by atoms with Crippen molar-refractivity contribution in [1.29, 1.82) is 0 Å². The van der Waals surface area contributed by atoms with Gasteiger partial charge in [0.25, 0.3) is 0 Å². The van der Waals surface area contributed by atoms with Crippen LogP contribution in [0.3, 0.4) is 0 Å². The number of rotatable bonds is 6. The first-order chi connectivity index (χ1) is 8.71. The molecule has 0 amide bonds. The third-order valence-electron chi connectivity index (χ3n) is 2.25. The summed E-state index contributed by atoms with van der Waals surface area (Å²) in [5.74, 6) is 0.184. The Bertz CT molecular complexity index is 500. The van der Waals surface area contributed by atoms with Crippen LogP contribution in [0.5, 0.6) is 0 Å². The van der Waals surface area contributed by atoms with Crippen LogP contribution in [0, 0.1) is 0 Å². The number of aromatic nitrogens is 1. The molecule has 1 heterocycles. The highest BCUT2D eigenvalue weighted by atomic mass is 32.2. The summed E-state index contributed by atoms with van der Waals surface area (Å²) in [5.41, 5.74) is 5.32. The third-order valence-corrected chi connectivity index (χ3v) is 3.69. The van der Waals surface area contributed by atoms with Gasteiger partial charge >= 0.3 is 6.18 Å². The number of anilines is 1. The molecule has 9 heteroatoms. The number of halogens is 3. The quantitative estimate of drug-likeness (QED) is 0.782. The van der Waals surface area contributed by atoms with Crippen LogP contribution in [-0.4, -0.2) is 26.1 Å². The molecule has 3 N–H and O–H groups in total. The summed E-state index contributed by atoms with van der Waals surface area (Å²) in [5, 5.41) is 0. The van der Waals surface area contributed by atoms with Gasteiger partial charge in [-0.1, -0.05) is 0 Å². The van der Waals surface area contributed by atoms with Gasteiger partial charge in [0, 0.05) is 19.2 Å². The van der Waals surface area contributed by atoms with Crippen molar-refractivity contribution in [3.05, 3.63) is 18.3 Å². The molecule has 0 spiro atoms. The van der Waals surface area contributed by atoms with Crippen LogP contribution >= 0.6 is 0 Å². The average Bonchev–Trinajstić information content (AvgIpc) is 2.27. The van der Waals surface area contributed by atoms with Gasteiger partial charge in [-0.05, 0) is 25.0 Å². The van der Waals surface area contributed by atoms with Gasteiger partial charge in [-0.2, -0.15) is 13.2 Å². The minimum absolute atomic E-state index is 0.0528. The molecule has 0 aliphatic heterocycles. The number of hydrogen-bond donors (Lipinski definition) is 2. The van der Waals surface area contributed by atoms with E-state index >= 15 is 0 Å². The number of hydrogen-bond acceptors (Lipinski definition) is 4. The molecule has 0 aliphatic carbocycles. The predicted molar refractivity (Wildman–Crippen MR) is 63.7 cm³/mol. The number of nitrogen functional groups attached to an aromatic ring is 1. The number of nitrogens with one attached hydrogen (secondary N) is 1. The fourth-order valence-corrected chi connectivity index (χ4v) is 2.31. The normalized spacial score (nSPS) is 12.6. The second-order valence-corrected chi connectivity index (χ2v) is 5.66. The molecule has 1 aromatic rings. The molecule has 0 fully saturated rings. The largest absolute Gasteiger partial charge is 0.389 e. The molecular formula is C10H14F3N3O2S. The van der Waals surface area contributed by atoms with E-state index in [1.54, 1.807) is 0 Å². The highest BCUT2D eigenvalue weighted by Crippen LogP contribution is 2.21. The SMILES string of the molecule is Nc1ccc(S(=O)(=O)NCCCCC(F)(F)F)cn1. The van der Waals surface area contributed by atoms with Gasteiger partial charge in [0.15, 0.2) is 0 Å². The summed E-state index contributed by atoms with van der Waals surface area (Å²) in [4.78, 5) is 3.56. The smallest absolute Gasteiger partial charge is 0.384 e. The number of alkyl halides is 3. The van der Waals surface area contributed by atoms with E-state index in [0.717, 1.165) is 6.20 Å². The molecule has 0 unspecified atom stereocenters. The van der Waals surface area contributed by atoms with Crippen molar-refractivity contribution in [3.63, 3.8) is 0 Å². The molecule has 108 valence electrons. The maximum atomic E-state index is 11.9. The van der Waals surface area contributed by atoms with E-state index in [-0.39, 0.29) is 30.1 Å². The van der Waals surface area contributed by atoms with E-state index < -0.39 is 22.6 Å². The Balaban J connectivity index is 2.42. The molecule has 0 saturated heterocycles. The van der Waals surface area contributed by atoms with E-state index in [0.29, 0.717) is 0 Å². The Hall–Kier alpha value is -1.35. The van der Waals surface area contributed by atoms with E-state index in [1.165, 1.54) is 12.1 Å². The summed E-state index contributed by atoms with van der Waals surface area (Å²) < 4.78 is 61.2. The number of nitrogens with zero attached hydrogens (tertiary/aromatic N) is 1. The lowest BCUT2D eigenvalue weighted by Gasteiger charge is -2.08. The zero-order valence-electron chi connectivity index (χ0n) is 9.94. The summed E-state index contributed by atoms with van der Waals surface area (Å²) in [6.07, 6.45) is -4.04.